The second-order valence-corrected chi connectivity index (χ2v) is 7.86. The molecule has 21 heavy (non-hydrogen) atoms. The maximum absolute atomic E-state index is 12.8. The van der Waals surface area contributed by atoms with Crippen LogP contribution in [-0.4, -0.2) is 32.9 Å². The van der Waals surface area contributed by atoms with E-state index in [2.05, 4.69) is 12.2 Å². The third-order valence-electron chi connectivity index (χ3n) is 4.27. The fourth-order valence-electron chi connectivity index (χ4n) is 3.00. The van der Waals surface area contributed by atoms with Crippen molar-refractivity contribution >= 4 is 10.0 Å². The van der Waals surface area contributed by atoms with Gasteiger partial charge in [-0.05, 0) is 56.0 Å². The van der Waals surface area contributed by atoms with Gasteiger partial charge in [0.2, 0.25) is 10.0 Å². The van der Waals surface area contributed by atoms with Crippen molar-refractivity contribution in [2.75, 3.05) is 20.1 Å². The first kappa shape index (κ1) is 16.5. The molecule has 0 radical (unpaired) electrons. The van der Waals surface area contributed by atoms with Gasteiger partial charge in [-0.3, -0.25) is 0 Å². The van der Waals surface area contributed by atoms with Crippen LogP contribution in [0.3, 0.4) is 0 Å². The summed E-state index contributed by atoms with van der Waals surface area (Å²) in [7, 11) is -1.47. The predicted molar refractivity (Wildman–Crippen MR) is 85.7 cm³/mol. The summed E-state index contributed by atoms with van der Waals surface area (Å²) in [5.74, 6) is 0.520. The molecule has 2 rings (SSSR count). The molecule has 0 saturated carbocycles. The fraction of sp³-hybridized carbons (Fsp3) is 0.625. The molecule has 1 saturated heterocycles. The molecular formula is C16H26N2O2S. The summed E-state index contributed by atoms with van der Waals surface area (Å²) in [6.45, 7) is 6.18. The van der Waals surface area contributed by atoms with Crippen molar-refractivity contribution in [3.8, 4) is 0 Å². The highest BCUT2D eigenvalue weighted by Crippen LogP contribution is 2.27. The molecule has 0 bridgehead atoms. The zero-order valence-corrected chi connectivity index (χ0v) is 14.0. The van der Waals surface area contributed by atoms with Crippen LogP contribution in [0.15, 0.2) is 23.1 Å². The van der Waals surface area contributed by atoms with Crippen LogP contribution in [0.25, 0.3) is 0 Å². The zero-order chi connectivity index (χ0) is 15.5. The molecule has 1 aromatic carbocycles. The van der Waals surface area contributed by atoms with E-state index in [4.69, 9.17) is 0 Å². The Balaban J connectivity index is 2.22. The average Bonchev–Trinajstić information content (AvgIpc) is 2.91. The Morgan fingerprint density at radius 2 is 2.14 bits per heavy atom. The van der Waals surface area contributed by atoms with Crippen molar-refractivity contribution in [3.63, 3.8) is 0 Å². The monoisotopic (exact) mass is 310 g/mol. The first-order valence-corrected chi connectivity index (χ1v) is 9.17. The van der Waals surface area contributed by atoms with Crippen LogP contribution >= 0.6 is 0 Å². The predicted octanol–water partition coefficient (Wildman–Crippen LogP) is 2.53. The Morgan fingerprint density at radius 1 is 1.38 bits per heavy atom. The SMILES string of the molecule is CCCC1CCN(S(=O)(=O)c2ccc(C)c(CNC)c2)C1. The van der Waals surface area contributed by atoms with E-state index in [0.29, 0.717) is 30.4 Å². The fourth-order valence-corrected chi connectivity index (χ4v) is 4.58. The van der Waals surface area contributed by atoms with Crippen molar-refractivity contribution < 1.29 is 8.42 Å². The largest absolute Gasteiger partial charge is 0.316 e. The molecule has 1 atom stereocenters. The quantitative estimate of drug-likeness (QED) is 0.878. The van der Waals surface area contributed by atoms with E-state index in [1.807, 2.05) is 26.1 Å². The van der Waals surface area contributed by atoms with E-state index >= 15 is 0 Å². The molecule has 1 N–H and O–H groups in total. The average molecular weight is 310 g/mol. The number of hydrogen-bond donors (Lipinski definition) is 1. The van der Waals surface area contributed by atoms with Crippen LogP contribution in [0.5, 0.6) is 0 Å². The van der Waals surface area contributed by atoms with Gasteiger partial charge in [-0.15, -0.1) is 0 Å². The lowest BCUT2D eigenvalue weighted by molar-refractivity contribution is 0.444. The maximum atomic E-state index is 12.8. The van der Waals surface area contributed by atoms with E-state index < -0.39 is 10.0 Å². The van der Waals surface area contributed by atoms with Crippen molar-refractivity contribution in [1.82, 2.24) is 9.62 Å². The molecule has 0 spiro atoms. The Kier molecular flexibility index (Phi) is 5.41. The molecule has 1 fully saturated rings. The first-order valence-electron chi connectivity index (χ1n) is 7.73. The van der Waals surface area contributed by atoms with Crippen LogP contribution in [0.1, 0.15) is 37.3 Å². The molecule has 0 aliphatic carbocycles. The smallest absolute Gasteiger partial charge is 0.243 e. The van der Waals surface area contributed by atoms with E-state index in [1.54, 1.807) is 10.4 Å². The minimum Gasteiger partial charge on any atom is -0.316 e. The highest BCUT2D eigenvalue weighted by atomic mass is 32.2. The molecule has 1 unspecified atom stereocenters. The third kappa shape index (κ3) is 3.65. The topological polar surface area (TPSA) is 49.4 Å². The lowest BCUT2D eigenvalue weighted by atomic mass is 10.0. The molecule has 1 aliphatic rings. The van der Waals surface area contributed by atoms with Crippen molar-refractivity contribution in [2.45, 2.75) is 44.6 Å². The van der Waals surface area contributed by atoms with Gasteiger partial charge in [0, 0.05) is 19.6 Å². The number of hydrogen-bond acceptors (Lipinski definition) is 3. The third-order valence-corrected chi connectivity index (χ3v) is 6.13. The van der Waals surface area contributed by atoms with E-state index in [1.165, 1.54) is 0 Å². The van der Waals surface area contributed by atoms with Crippen LogP contribution in [-0.2, 0) is 16.6 Å². The minimum atomic E-state index is -3.34. The van der Waals surface area contributed by atoms with Gasteiger partial charge in [0.15, 0.2) is 0 Å². The lowest BCUT2D eigenvalue weighted by Crippen LogP contribution is -2.29. The second kappa shape index (κ2) is 6.90. The van der Waals surface area contributed by atoms with E-state index in [-0.39, 0.29) is 0 Å². The number of nitrogens with one attached hydrogen (secondary N) is 1. The van der Waals surface area contributed by atoms with Crippen LogP contribution < -0.4 is 5.32 Å². The summed E-state index contributed by atoms with van der Waals surface area (Å²) in [6, 6.07) is 5.45. The molecule has 118 valence electrons. The molecule has 1 heterocycles. The van der Waals surface area contributed by atoms with Gasteiger partial charge < -0.3 is 5.32 Å². The molecule has 5 heteroatoms. The van der Waals surface area contributed by atoms with Gasteiger partial charge in [0.1, 0.15) is 0 Å². The second-order valence-electron chi connectivity index (χ2n) is 5.93. The highest BCUT2D eigenvalue weighted by molar-refractivity contribution is 7.89. The number of aryl methyl sites for hydroxylation is 1. The molecule has 1 aromatic rings. The summed E-state index contributed by atoms with van der Waals surface area (Å²) >= 11 is 0. The molecule has 1 aliphatic heterocycles. The molecule has 0 aromatic heterocycles. The number of sulfonamides is 1. The Hall–Kier alpha value is -0.910. The summed E-state index contributed by atoms with van der Waals surface area (Å²) in [4.78, 5) is 0.426. The maximum Gasteiger partial charge on any atom is 0.243 e. The van der Waals surface area contributed by atoms with Crippen molar-refractivity contribution in [3.05, 3.63) is 29.3 Å². The first-order chi connectivity index (χ1) is 9.98. The van der Waals surface area contributed by atoms with Gasteiger partial charge in [0.25, 0.3) is 0 Å². The van der Waals surface area contributed by atoms with Crippen molar-refractivity contribution in [2.24, 2.45) is 5.92 Å². The Bertz CT molecular complexity index is 584. The van der Waals surface area contributed by atoms with Gasteiger partial charge in [-0.25, -0.2) is 8.42 Å². The number of benzene rings is 1. The summed E-state index contributed by atoms with van der Waals surface area (Å²) in [5, 5.41) is 3.09. The van der Waals surface area contributed by atoms with Crippen molar-refractivity contribution in [1.29, 1.82) is 0 Å². The molecule has 0 amide bonds. The van der Waals surface area contributed by atoms with Crippen LogP contribution in [0, 0.1) is 12.8 Å². The highest BCUT2D eigenvalue weighted by Gasteiger charge is 2.32. The normalized spacial score (nSPS) is 20.0. The number of rotatable bonds is 6. The van der Waals surface area contributed by atoms with E-state index in [0.717, 1.165) is 30.4 Å². The lowest BCUT2D eigenvalue weighted by Gasteiger charge is -2.18. The summed E-state index contributed by atoms with van der Waals surface area (Å²) in [5.41, 5.74) is 2.16. The van der Waals surface area contributed by atoms with Crippen LogP contribution in [0.4, 0.5) is 0 Å². The zero-order valence-electron chi connectivity index (χ0n) is 13.2. The van der Waals surface area contributed by atoms with Gasteiger partial charge >= 0.3 is 0 Å². The Labute approximate surface area is 128 Å². The van der Waals surface area contributed by atoms with E-state index in [9.17, 15) is 8.42 Å². The Morgan fingerprint density at radius 3 is 2.81 bits per heavy atom. The minimum absolute atomic E-state index is 0.426. The summed E-state index contributed by atoms with van der Waals surface area (Å²) in [6.07, 6.45) is 3.22. The van der Waals surface area contributed by atoms with Gasteiger partial charge in [0.05, 0.1) is 4.90 Å². The molecular weight excluding hydrogens is 284 g/mol. The number of nitrogens with zero attached hydrogens (tertiary/aromatic N) is 1. The standard InChI is InChI=1S/C16H26N2O2S/c1-4-5-14-8-9-18(12-14)21(19,20)16-7-6-13(2)15(10-16)11-17-3/h6-7,10,14,17H,4-5,8-9,11-12H2,1-3H3. The van der Waals surface area contributed by atoms with Gasteiger partial charge in [-0.1, -0.05) is 19.4 Å². The summed E-state index contributed by atoms with van der Waals surface area (Å²) < 4.78 is 27.2. The molecule has 4 nitrogen and oxygen atoms in total. The van der Waals surface area contributed by atoms with Gasteiger partial charge in [-0.2, -0.15) is 4.31 Å². The van der Waals surface area contributed by atoms with Crippen LogP contribution in [0.2, 0.25) is 0 Å².